The molecule has 0 amide bonds. The molecule has 0 aliphatic rings. The van der Waals surface area contributed by atoms with Crippen LogP contribution in [-0.2, 0) is 28.6 Å². The fourth-order valence-electron chi connectivity index (χ4n) is 8.64. The quantitative estimate of drug-likeness (QED) is 0.0261. The second-order valence-corrected chi connectivity index (χ2v) is 21.3. The molecule has 6 nitrogen and oxygen atoms in total. The molecule has 0 aromatic carbocycles. The van der Waals surface area contributed by atoms with Gasteiger partial charge in [-0.25, -0.2) is 0 Å². The van der Waals surface area contributed by atoms with Crippen LogP contribution in [0.15, 0.2) is 146 Å². The van der Waals surface area contributed by atoms with Crippen LogP contribution in [0.4, 0.5) is 0 Å². The van der Waals surface area contributed by atoms with E-state index in [0.29, 0.717) is 19.3 Å². The van der Waals surface area contributed by atoms with E-state index in [1.54, 1.807) is 0 Å². The highest BCUT2D eigenvalue weighted by Gasteiger charge is 2.19. The Balaban J connectivity index is 4.27. The van der Waals surface area contributed by atoms with Crippen molar-refractivity contribution in [3.05, 3.63) is 146 Å². The topological polar surface area (TPSA) is 78.9 Å². The third-order valence-electron chi connectivity index (χ3n) is 13.5. The molecule has 0 aromatic heterocycles. The maximum absolute atomic E-state index is 12.9. The van der Waals surface area contributed by atoms with E-state index in [4.69, 9.17) is 14.2 Å². The standard InChI is InChI=1S/C74H120O6/c1-4-7-10-13-16-19-22-24-26-28-30-31-32-33-34-35-36-37-38-39-40-41-42-43-45-46-48-50-52-55-58-61-64-67-73(76)79-70-71(69-78-72(75)66-63-60-57-54-21-18-15-12-9-6-3)80-74(77)68-65-62-59-56-53-51-49-47-44-29-27-25-23-20-17-14-11-8-5-2/h7,10,12,15-17,19-20,24-27,30-31,33-34,36-37,39-40,42-44,47,71H,4-6,8-9,11,13-14,18,21-23,28-29,32,35,38,41,45-46,48-70H2,1-3H3/b10-7-,15-12-,19-16-,20-17-,26-24-,27-25-,31-30-,34-33-,37-36-,40-39-,43-42-,47-44-. The molecule has 0 radical (unpaired) electrons. The van der Waals surface area contributed by atoms with Crippen molar-refractivity contribution >= 4 is 17.9 Å². The maximum Gasteiger partial charge on any atom is 0.306 e. The van der Waals surface area contributed by atoms with E-state index in [1.165, 1.54) is 83.5 Å². The molecule has 0 heterocycles. The highest BCUT2D eigenvalue weighted by atomic mass is 16.6. The van der Waals surface area contributed by atoms with Gasteiger partial charge in [0.15, 0.2) is 6.10 Å². The van der Waals surface area contributed by atoms with Gasteiger partial charge in [0.2, 0.25) is 0 Å². The van der Waals surface area contributed by atoms with Crippen LogP contribution in [0, 0.1) is 0 Å². The smallest absolute Gasteiger partial charge is 0.306 e. The van der Waals surface area contributed by atoms with Crippen LogP contribution in [0.1, 0.15) is 284 Å². The molecule has 0 bridgehead atoms. The van der Waals surface area contributed by atoms with E-state index < -0.39 is 6.10 Å². The Bertz CT molecular complexity index is 1750. The van der Waals surface area contributed by atoms with Gasteiger partial charge in [-0.05, 0) is 141 Å². The normalized spacial score (nSPS) is 13.1. The fourth-order valence-corrected chi connectivity index (χ4v) is 8.64. The average Bonchev–Trinajstić information content (AvgIpc) is 3.46. The summed E-state index contributed by atoms with van der Waals surface area (Å²) in [4.78, 5) is 38.2. The molecule has 0 aliphatic carbocycles. The van der Waals surface area contributed by atoms with Gasteiger partial charge in [-0.3, -0.25) is 14.4 Å². The largest absolute Gasteiger partial charge is 0.462 e. The Hall–Kier alpha value is -4.71. The lowest BCUT2D eigenvalue weighted by atomic mass is 10.1. The molecule has 0 aromatic rings. The lowest BCUT2D eigenvalue weighted by Crippen LogP contribution is -2.30. The van der Waals surface area contributed by atoms with Gasteiger partial charge in [-0.2, -0.15) is 0 Å². The minimum Gasteiger partial charge on any atom is -0.462 e. The summed E-state index contributed by atoms with van der Waals surface area (Å²) in [6.07, 6.45) is 95.8. The van der Waals surface area contributed by atoms with Gasteiger partial charge in [-0.1, -0.05) is 269 Å². The van der Waals surface area contributed by atoms with E-state index in [0.717, 1.165) is 161 Å². The van der Waals surface area contributed by atoms with Crippen molar-refractivity contribution in [3.63, 3.8) is 0 Å². The molecule has 0 saturated heterocycles. The summed E-state index contributed by atoms with van der Waals surface area (Å²) >= 11 is 0. The zero-order valence-corrected chi connectivity index (χ0v) is 51.8. The number of carbonyl (C=O) groups is 3. The number of rotatable bonds is 58. The Morgan fingerprint density at radius 1 is 0.263 bits per heavy atom. The number of hydrogen-bond acceptors (Lipinski definition) is 6. The third kappa shape index (κ3) is 64.1. The van der Waals surface area contributed by atoms with Crippen molar-refractivity contribution in [1.82, 2.24) is 0 Å². The van der Waals surface area contributed by atoms with Crippen molar-refractivity contribution in [2.75, 3.05) is 13.2 Å². The minimum atomic E-state index is -0.797. The molecule has 0 aliphatic heterocycles. The zero-order chi connectivity index (χ0) is 57.8. The van der Waals surface area contributed by atoms with Crippen molar-refractivity contribution in [2.24, 2.45) is 0 Å². The molecule has 6 heteroatoms. The summed E-state index contributed by atoms with van der Waals surface area (Å²) in [5.74, 6) is -0.926. The van der Waals surface area contributed by atoms with Gasteiger partial charge >= 0.3 is 17.9 Å². The van der Waals surface area contributed by atoms with Gasteiger partial charge in [-0.15, -0.1) is 0 Å². The van der Waals surface area contributed by atoms with Crippen LogP contribution < -0.4 is 0 Å². The van der Waals surface area contributed by atoms with Gasteiger partial charge < -0.3 is 14.2 Å². The molecule has 80 heavy (non-hydrogen) atoms. The number of unbranched alkanes of at least 4 members (excludes halogenated alkanes) is 23. The molecule has 0 fully saturated rings. The number of hydrogen-bond donors (Lipinski definition) is 0. The molecule has 0 spiro atoms. The van der Waals surface area contributed by atoms with Crippen molar-refractivity contribution in [1.29, 1.82) is 0 Å². The minimum absolute atomic E-state index is 0.0941. The molecule has 0 saturated carbocycles. The summed E-state index contributed by atoms with van der Waals surface area (Å²) in [5, 5.41) is 0. The summed E-state index contributed by atoms with van der Waals surface area (Å²) in [6, 6.07) is 0. The Kier molecular flexibility index (Phi) is 62.9. The predicted molar refractivity (Wildman–Crippen MR) is 348 cm³/mol. The zero-order valence-electron chi connectivity index (χ0n) is 51.8. The van der Waals surface area contributed by atoms with Crippen LogP contribution in [0.2, 0.25) is 0 Å². The van der Waals surface area contributed by atoms with E-state index in [2.05, 4.69) is 167 Å². The number of esters is 3. The van der Waals surface area contributed by atoms with Crippen LogP contribution in [0.25, 0.3) is 0 Å². The third-order valence-corrected chi connectivity index (χ3v) is 13.5. The van der Waals surface area contributed by atoms with Gasteiger partial charge in [0.05, 0.1) is 0 Å². The molecule has 0 N–H and O–H groups in total. The number of ether oxygens (including phenoxy) is 3. The van der Waals surface area contributed by atoms with E-state index in [-0.39, 0.29) is 31.1 Å². The second kappa shape index (κ2) is 66.8. The first kappa shape index (κ1) is 75.3. The summed E-state index contributed by atoms with van der Waals surface area (Å²) in [6.45, 7) is 6.41. The Morgan fingerprint density at radius 3 is 0.825 bits per heavy atom. The maximum atomic E-state index is 12.9. The van der Waals surface area contributed by atoms with Crippen LogP contribution in [0.3, 0.4) is 0 Å². The molecule has 1 atom stereocenters. The van der Waals surface area contributed by atoms with Crippen LogP contribution in [-0.4, -0.2) is 37.2 Å². The van der Waals surface area contributed by atoms with Crippen molar-refractivity contribution < 1.29 is 28.6 Å². The lowest BCUT2D eigenvalue weighted by molar-refractivity contribution is -0.167. The first-order valence-electron chi connectivity index (χ1n) is 32.8. The Morgan fingerprint density at radius 2 is 0.512 bits per heavy atom. The van der Waals surface area contributed by atoms with Gasteiger partial charge in [0, 0.05) is 19.3 Å². The van der Waals surface area contributed by atoms with Gasteiger partial charge in [0.25, 0.3) is 0 Å². The highest BCUT2D eigenvalue weighted by Crippen LogP contribution is 2.15. The van der Waals surface area contributed by atoms with E-state index in [9.17, 15) is 14.4 Å². The SMILES string of the molecule is CC/C=C\C/C=C\C/C=C\C/C=C\C/C=C\C/C=C\C/C=C\C/C=C\CCCCCCCCCCC(=O)OCC(COC(=O)CCCCCCC/C=C\CCC)OC(=O)CCCCCCCC/C=C\C/C=C\C/C=C\CCCCC. The fraction of sp³-hybridized carbons (Fsp3) is 0.635. The lowest BCUT2D eigenvalue weighted by Gasteiger charge is -2.18. The van der Waals surface area contributed by atoms with E-state index >= 15 is 0 Å². The van der Waals surface area contributed by atoms with Crippen molar-refractivity contribution in [2.45, 2.75) is 290 Å². The van der Waals surface area contributed by atoms with Crippen LogP contribution in [0.5, 0.6) is 0 Å². The monoisotopic (exact) mass is 1100 g/mol. The highest BCUT2D eigenvalue weighted by molar-refractivity contribution is 5.71. The van der Waals surface area contributed by atoms with Crippen molar-refractivity contribution in [3.8, 4) is 0 Å². The van der Waals surface area contributed by atoms with Crippen LogP contribution >= 0.6 is 0 Å². The molecule has 1 unspecified atom stereocenters. The second-order valence-electron chi connectivity index (χ2n) is 21.3. The Labute approximate surface area is 493 Å². The molecular weight excluding hydrogens is 985 g/mol. The van der Waals surface area contributed by atoms with E-state index in [1.807, 2.05) is 0 Å². The average molecular weight is 1110 g/mol. The summed E-state index contributed by atoms with van der Waals surface area (Å²) in [5.41, 5.74) is 0. The summed E-state index contributed by atoms with van der Waals surface area (Å²) < 4.78 is 16.9. The first-order valence-corrected chi connectivity index (χ1v) is 32.8. The molecular formula is C74H120O6. The van der Waals surface area contributed by atoms with Gasteiger partial charge in [0.1, 0.15) is 13.2 Å². The molecule has 452 valence electrons. The number of carbonyl (C=O) groups excluding carboxylic acids is 3. The predicted octanol–water partition coefficient (Wildman–Crippen LogP) is 22.7. The first-order chi connectivity index (χ1) is 39.5. The molecule has 0 rings (SSSR count). The number of allylic oxidation sites excluding steroid dienone is 24. The summed E-state index contributed by atoms with van der Waals surface area (Å²) in [7, 11) is 0.